The number of carbonyl (C=O) groups excluding carboxylic acids is 4. The maximum Gasteiger partial charge on any atom is 0.271 e. The zero-order chi connectivity index (χ0) is 24.7. The van der Waals surface area contributed by atoms with Gasteiger partial charge in [0.1, 0.15) is 17.5 Å². The Labute approximate surface area is 209 Å². The van der Waals surface area contributed by atoms with Crippen molar-refractivity contribution in [2.24, 2.45) is 17.8 Å². The number of H-pyrrole nitrogens is 1. The monoisotopic (exact) mass is 497 g/mol. The Morgan fingerprint density at radius 3 is 2.74 bits per heavy atom. The number of fused-ring (bicyclic) bond motifs is 2. The second-order valence-corrected chi connectivity index (χ2v) is 10.7. The molecule has 1 aliphatic heterocycles. The van der Waals surface area contributed by atoms with E-state index in [9.17, 15) is 19.2 Å². The molecule has 35 heavy (non-hydrogen) atoms. The molecule has 1 aromatic carbocycles. The van der Waals surface area contributed by atoms with Crippen molar-refractivity contribution in [2.45, 2.75) is 70.4 Å². The van der Waals surface area contributed by atoms with Crippen molar-refractivity contribution in [3.8, 4) is 0 Å². The number of benzene rings is 1. The highest BCUT2D eigenvalue weighted by atomic mass is 35.5. The summed E-state index contributed by atoms with van der Waals surface area (Å²) in [6.45, 7) is 2.30. The minimum absolute atomic E-state index is 0.0674. The summed E-state index contributed by atoms with van der Waals surface area (Å²) in [4.78, 5) is 57.1. The maximum atomic E-state index is 13.7. The number of nitrogens with zero attached hydrogens (tertiary/aromatic N) is 1. The molecular weight excluding hydrogens is 466 g/mol. The standard InChI is InChI=1S/C27H32ClN3O4/c1-2-23(32)21(12-15-6-4-11-24(15)33)30-26(34)25-17-8-3-7-16(17)14-31(25)27(35)22-13-18-19(28)9-5-10-20(18)29-22/h5,9-10,13,15-17,21,25,29H,2-4,6-8,11-12,14H2,1H3,(H,30,34)/t15-,16-,17-,21-,25-/m0/s1. The third kappa shape index (κ3) is 4.51. The Morgan fingerprint density at radius 2 is 2.03 bits per heavy atom. The van der Waals surface area contributed by atoms with Gasteiger partial charge >= 0.3 is 0 Å². The lowest BCUT2D eigenvalue weighted by Gasteiger charge is -2.29. The minimum atomic E-state index is -0.691. The quantitative estimate of drug-likeness (QED) is 0.596. The lowest BCUT2D eigenvalue weighted by molar-refractivity contribution is -0.131. The summed E-state index contributed by atoms with van der Waals surface area (Å²) in [6, 6.07) is 5.91. The lowest BCUT2D eigenvalue weighted by atomic mass is 9.91. The zero-order valence-electron chi connectivity index (χ0n) is 20.0. The average Bonchev–Trinajstić information content (AvgIpc) is 3.61. The first-order valence-electron chi connectivity index (χ1n) is 12.8. The second-order valence-electron chi connectivity index (χ2n) is 10.3. The normalized spacial score (nSPS) is 26.8. The van der Waals surface area contributed by atoms with Crippen LogP contribution in [0.1, 0.15) is 68.8 Å². The Kier molecular flexibility index (Phi) is 6.71. The molecule has 0 radical (unpaired) electrons. The number of amides is 2. The van der Waals surface area contributed by atoms with Crippen LogP contribution in [0.3, 0.4) is 0 Å². The van der Waals surface area contributed by atoms with Gasteiger partial charge in [0, 0.05) is 41.2 Å². The number of hydrogen-bond donors (Lipinski definition) is 2. The van der Waals surface area contributed by atoms with E-state index in [-0.39, 0.29) is 41.1 Å². The average molecular weight is 498 g/mol. The fourth-order valence-corrected chi connectivity index (χ4v) is 6.66. The van der Waals surface area contributed by atoms with Gasteiger partial charge in [0.2, 0.25) is 5.91 Å². The van der Waals surface area contributed by atoms with Crippen LogP contribution in [0.4, 0.5) is 0 Å². The first-order valence-corrected chi connectivity index (χ1v) is 13.2. The number of halogens is 1. The van der Waals surface area contributed by atoms with Gasteiger partial charge in [0.25, 0.3) is 5.91 Å². The van der Waals surface area contributed by atoms with Crippen LogP contribution in [0.15, 0.2) is 24.3 Å². The van der Waals surface area contributed by atoms with Crippen LogP contribution in [-0.4, -0.2) is 51.9 Å². The summed E-state index contributed by atoms with van der Waals surface area (Å²) >= 11 is 6.31. The van der Waals surface area contributed by atoms with Crippen molar-refractivity contribution in [2.75, 3.05) is 6.54 Å². The molecule has 2 saturated carbocycles. The summed E-state index contributed by atoms with van der Waals surface area (Å²) in [7, 11) is 0. The SMILES string of the molecule is CCC(=O)[C@H](C[C@@H]1CCCC1=O)NC(=O)[C@@H]1[C@H]2CCC[C@H]2CN1C(=O)c1cc2c(Cl)cccc2[nH]1. The molecule has 2 heterocycles. The molecule has 1 aromatic heterocycles. The maximum absolute atomic E-state index is 13.7. The summed E-state index contributed by atoms with van der Waals surface area (Å²) < 4.78 is 0. The number of aromatic nitrogens is 1. The summed E-state index contributed by atoms with van der Waals surface area (Å²) in [5, 5.41) is 4.31. The molecule has 1 saturated heterocycles. The van der Waals surface area contributed by atoms with E-state index in [0.717, 1.165) is 43.0 Å². The summed E-state index contributed by atoms with van der Waals surface area (Å²) in [5.74, 6) is -0.208. The van der Waals surface area contributed by atoms with Gasteiger partial charge in [-0.3, -0.25) is 19.2 Å². The van der Waals surface area contributed by atoms with E-state index in [0.29, 0.717) is 36.5 Å². The van der Waals surface area contributed by atoms with Gasteiger partial charge in [-0.1, -0.05) is 31.0 Å². The van der Waals surface area contributed by atoms with Crippen molar-refractivity contribution >= 4 is 45.9 Å². The molecule has 0 spiro atoms. The molecular formula is C27H32ClN3O4. The van der Waals surface area contributed by atoms with Gasteiger partial charge in [-0.15, -0.1) is 0 Å². The van der Waals surface area contributed by atoms with Crippen molar-refractivity contribution in [1.29, 1.82) is 0 Å². The van der Waals surface area contributed by atoms with Crippen LogP contribution in [0.5, 0.6) is 0 Å². The molecule has 3 aliphatic rings. The van der Waals surface area contributed by atoms with E-state index in [2.05, 4.69) is 10.3 Å². The fraction of sp³-hybridized carbons (Fsp3) is 0.556. The number of ketones is 2. The van der Waals surface area contributed by atoms with Crippen molar-refractivity contribution in [3.63, 3.8) is 0 Å². The molecule has 0 bridgehead atoms. The molecule has 186 valence electrons. The highest BCUT2D eigenvalue weighted by Crippen LogP contribution is 2.43. The van der Waals surface area contributed by atoms with Gasteiger partial charge in [0.15, 0.2) is 5.78 Å². The summed E-state index contributed by atoms with van der Waals surface area (Å²) in [5.41, 5.74) is 1.18. The molecule has 7 nitrogen and oxygen atoms in total. The van der Waals surface area contributed by atoms with E-state index in [4.69, 9.17) is 11.6 Å². The second kappa shape index (κ2) is 9.76. The lowest BCUT2D eigenvalue weighted by Crippen LogP contribution is -2.53. The number of nitrogens with one attached hydrogen (secondary N) is 2. The Hall–Kier alpha value is -2.67. The van der Waals surface area contributed by atoms with Gasteiger partial charge in [0.05, 0.1) is 6.04 Å². The highest BCUT2D eigenvalue weighted by molar-refractivity contribution is 6.35. The topological polar surface area (TPSA) is 99.3 Å². The smallest absolute Gasteiger partial charge is 0.271 e. The Bertz CT molecular complexity index is 1170. The Morgan fingerprint density at radius 1 is 1.20 bits per heavy atom. The largest absolute Gasteiger partial charge is 0.350 e. The number of carbonyl (C=O) groups is 4. The predicted molar refractivity (Wildman–Crippen MR) is 133 cm³/mol. The molecule has 8 heteroatoms. The first-order chi connectivity index (χ1) is 16.9. The number of likely N-dealkylation sites (tertiary alicyclic amines) is 1. The van der Waals surface area contributed by atoms with Gasteiger partial charge in [-0.2, -0.15) is 0 Å². The van der Waals surface area contributed by atoms with Crippen LogP contribution >= 0.6 is 11.6 Å². The van der Waals surface area contributed by atoms with Crippen LogP contribution in [0.2, 0.25) is 5.02 Å². The molecule has 2 N–H and O–H groups in total. The number of rotatable bonds is 7. The molecule has 0 unspecified atom stereocenters. The molecule has 2 amide bonds. The number of Topliss-reactive ketones (excluding diaryl/α,β-unsaturated/α-hetero) is 2. The Balaban J connectivity index is 1.39. The van der Waals surface area contributed by atoms with E-state index in [1.807, 2.05) is 12.1 Å². The first kappa shape index (κ1) is 24.0. The van der Waals surface area contributed by atoms with Gasteiger partial charge < -0.3 is 15.2 Å². The van der Waals surface area contributed by atoms with Crippen LogP contribution in [-0.2, 0) is 14.4 Å². The number of aromatic amines is 1. The van der Waals surface area contributed by atoms with Crippen LogP contribution in [0, 0.1) is 17.8 Å². The molecule has 2 aromatic rings. The summed E-state index contributed by atoms with van der Waals surface area (Å²) in [6.07, 6.45) is 5.72. The molecule has 5 rings (SSSR count). The van der Waals surface area contributed by atoms with Crippen LogP contribution < -0.4 is 5.32 Å². The van der Waals surface area contributed by atoms with Gasteiger partial charge in [-0.05, 0) is 62.1 Å². The van der Waals surface area contributed by atoms with Crippen molar-refractivity contribution < 1.29 is 19.2 Å². The fourth-order valence-electron chi connectivity index (χ4n) is 6.43. The van der Waals surface area contributed by atoms with E-state index in [1.54, 1.807) is 24.0 Å². The molecule has 3 fully saturated rings. The van der Waals surface area contributed by atoms with E-state index < -0.39 is 12.1 Å². The minimum Gasteiger partial charge on any atom is -0.350 e. The zero-order valence-corrected chi connectivity index (χ0v) is 20.8. The van der Waals surface area contributed by atoms with E-state index in [1.165, 1.54) is 0 Å². The van der Waals surface area contributed by atoms with E-state index >= 15 is 0 Å². The third-order valence-corrected chi connectivity index (χ3v) is 8.60. The third-order valence-electron chi connectivity index (χ3n) is 8.27. The molecule has 5 atom stereocenters. The highest BCUT2D eigenvalue weighted by Gasteiger charge is 2.50. The van der Waals surface area contributed by atoms with Gasteiger partial charge in [-0.25, -0.2) is 0 Å². The number of hydrogen-bond acceptors (Lipinski definition) is 4. The van der Waals surface area contributed by atoms with Crippen molar-refractivity contribution in [1.82, 2.24) is 15.2 Å². The predicted octanol–water partition coefficient (Wildman–Crippen LogP) is 4.29. The molecule has 2 aliphatic carbocycles. The van der Waals surface area contributed by atoms with Crippen LogP contribution in [0.25, 0.3) is 10.9 Å². The van der Waals surface area contributed by atoms with Crippen molar-refractivity contribution in [3.05, 3.63) is 35.0 Å².